The van der Waals surface area contributed by atoms with Gasteiger partial charge in [0.05, 0.1) is 5.25 Å². The highest BCUT2D eigenvalue weighted by Gasteiger charge is 2.28. The van der Waals surface area contributed by atoms with E-state index >= 15 is 0 Å². The second kappa shape index (κ2) is 7.02. The van der Waals surface area contributed by atoms with Gasteiger partial charge in [0.2, 0.25) is 10.0 Å². The molecule has 4 nitrogen and oxygen atoms in total. The van der Waals surface area contributed by atoms with Gasteiger partial charge in [0.25, 0.3) is 0 Å². The Morgan fingerprint density at radius 2 is 2.30 bits per heavy atom. The van der Waals surface area contributed by atoms with Crippen molar-refractivity contribution < 1.29 is 8.42 Å². The quantitative estimate of drug-likeness (QED) is 0.760. The Morgan fingerprint density at radius 3 is 3.05 bits per heavy atom. The van der Waals surface area contributed by atoms with Crippen LogP contribution in [0.5, 0.6) is 0 Å². The lowest BCUT2D eigenvalue weighted by Crippen LogP contribution is -2.41. The maximum Gasteiger partial charge on any atom is 0.216 e. The standard InChI is InChI=1S/C14H24N2O2S2/c1-3-8-15-10-11(2)20(17,18)16-13-5-4-6-14-12(13)7-9-19-14/h7,9,11,13,15-16H,3-6,8,10H2,1-2H3. The van der Waals surface area contributed by atoms with Crippen molar-refractivity contribution >= 4 is 21.4 Å². The zero-order valence-electron chi connectivity index (χ0n) is 12.2. The zero-order chi connectivity index (χ0) is 14.6. The van der Waals surface area contributed by atoms with Crippen LogP contribution in [0.25, 0.3) is 0 Å². The molecule has 0 bridgehead atoms. The van der Waals surface area contributed by atoms with Crippen LogP contribution >= 0.6 is 11.3 Å². The number of hydrogen-bond donors (Lipinski definition) is 2. The van der Waals surface area contributed by atoms with E-state index < -0.39 is 15.3 Å². The molecule has 0 radical (unpaired) electrons. The summed E-state index contributed by atoms with van der Waals surface area (Å²) in [6.45, 7) is 5.21. The molecule has 0 spiro atoms. The largest absolute Gasteiger partial charge is 0.315 e. The Bertz CT molecular complexity index is 525. The SMILES string of the molecule is CCCNCC(C)S(=O)(=O)NC1CCCc2sccc21. The summed E-state index contributed by atoms with van der Waals surface area (Å²) in [7, 11) is -3.27. The molecule has 0 fully saturated rings. The molecule has 1 aromatic rings. The fourth-order valence-corrected chi connectivity index (χ4v) is 4.71. The highest BCUT2D eigenvalue weighted by Crippen LogP contribution is 2.33. The molecule has 114 valence electrons. The van der Waals surface area contributed by atoms with Gasteiger partial charge in [0, 0.05) is 17.5 Å². The first-order chi connectivity index (χ1) is 9.54. The van der Waals surface area contributed by atoms with E-state index in [4.69, 9.17) is 0 Å². The van der Waals surface area contributed by atoms with E-state index in [1.54, 1.807) is 18.3 Å². The van der Waals surface area contributed by atoms with Crippen molar-refractivity contribution in [1.29, 1.82) is 0 Å². The summed E-state index contributed by atoms with van der Waals surface area (Å²) >= 11 is 1.73. The normalized spacial score (nSPS) is 20.6. The van der Waals surface area contributed by atoms with Crippen molar-refractivity contribution in [3.8, 4) is 0 Å². The van der Waals surface area contributed by atoms with Crippen molar-refractivity contribution in [1.82, 2.24) is 10.0 Å². The van der Waals surface area contributed by atoms with E-state index in [0.29, 0.717) is 6.54 Å². The second-order valence-electron chi connectivity index (χ2n) is 5.42. The Morgan fingerprint density at radius 1 is 1.50 bits per heavy atom. The minimum atomic E-state index is -3.27. The van der Waals surface area contributed by atoms with Crippen LogP contribution in [-0.2, 0) is 16.4 Å². The topological polar surface area (TPSA) is 58.2 Å². The monoisotopic (exact) mass is 316 g/mol. The van der Waals surface area contributed by atoms with Gasteiger partial charge >= 0.3 is 0 Å². The highest BCUT2D eigenvalue weighted by molar-refractivity contribution is 7.90. The number of nitrogens with one attached hydrogen (secondary N) is 2. The molecular weight excluding hydrogens is 292 g/mol. The van der Waals surface area contributed by atoms with Crippen LogP contribution in [0.2, 0.25) is 0 Å². The summed E-state index contributed by atoms with van der Waals surface area (Å²) in [5.41, 5.74) is 1.18. The second-order valence-corrected chi connectivity index (χ2v) is 8.55. The van der Waals surface area contributed by atoms with Gasteiger partial charge in [-0.2, -0.15) is 0 Å². The third-order valence-corrected chi connectivity index (χ3v) is 6.58. The Hall–Kier alpha value is -0.430. The van der Waals surface area contributed by atoms with Crippen LogP contribution < -0.4 is 10.0 Å². The van der Waals surface area contributed by atoms with Crippen molar-refractivity contribution in [3.63, 3.8) is 0 Å². The molecule has 0 amide bonds. The molecule has 0 saturated carbocycles. The molecule has 0 aromatic carbocycles. The molecule has 0 aliphatic heterocycles. The molecule has 2 rings (SSSR count). The van der Waals surface area contributed by atoms with Gasteiger partial charge in [-0.1, -0.05) is 6.92 Å². The van der Waals surface area contributed by atoms with Gasteiger partial charge in [0.15, 0.2) is 0 Å². The molecule has 2 atom stereocenters. The Labute approximate surface area is 126 Å². The molecule has 20 heavy (non-hydrogen) atoms. The van der Waals surface area contributed by atoms with Crippen LogP contribution in [0.4, 0.5) is 0 Å². The first-order valence-corrected chi connectivity index (χ1v) is 9.75. The van der Waals surface area contributed by atoms with Crippen LogP contribution in [0.3, 0.4) is 0 Å². The third-order valence-electron chi connectivity index (χ3n) is 3.75. The fourth-order valence-electron chi connectivity index (χ4n) is 2.52. The number of aryl methyl sites for hydroxylation is 1. The van der Waals surface area contributed by atoms with Crippen molar-refractivity contribution in [2.24, 2.45) is 0 Å². The van der Waals surface area contributed by atoms with Crippen LogP contribution in [-0.4, -0.2) is 26.8 Å². The van der Waals surface area contributed by atoms with Crippen molar-refractivity contribution in [2.45, 2.75) is 50.8 Å². The number of sulfonamides is 1. The summed E-state index contributed by atoms with van der Waals surface area (Å²) in [4.78, 5) is 1.33. The minimum Gasteiger partial charge on any atom is -0.315 e. The average Bonchev–Trinajstić information content (AvgIpc) is 2.88. The highest BCUT2D eigenvalue weighted by atomic mass is 32.2. The molecule has 1 aliphatic rings. The van der Waals surface area contributed by atoms with E-state index in [1.165, 1.54) is 10.4 Å². The first-order valence-electron chi connectivity index (χ1n) is 7.32. The van der Waals surface area contributed by atoms with Gasteiger partial charge in [-0.05, 0) is 56.2 Å². The maximum absolute atomic E-state index is 12.4. The Kier molecular flexibility index (Phi) is 5.60. The van der Waals surface area contributed by atoms with Gasteiger partial charge in [-0.15, -0.1) is 11.3 Å². The van der Waals surface area contributed by atoms with Crippen molar-refractivity contribution in [3.05, 3.63) is 21.9 Å². The predicted molar refractivity (Wildman–Crippen MR) is 84.7 cm³/mol. The first kappa shape index (κ1) is 15.9. The lowest BCUT2D eigenvalue weighted by molar-refractivity contribution is 0.501. The number of rotatable bonds is 7. The van der Waals surface area contributed by atoms with Gasteiger partial charge in [-0.25, -0.2) is 13.1 Å². The van der Waals surface area contributed by atoms with E-state index in [0.717, 1.165) is 32.2 Å². The minimum absolute atomic E-state index is 0.0383. The molecule has 0 saturated heterocycles. The maximum atomic E-state index is 12.4. The van der Waals surface area contributed by atoms with Crippen LogP contribution in [0.1, 0.15) is 49.6 Å². The number of thiophene rings is 1. The fraction of sp³-hybridized carbons (Fsp3) is 0.714. The molecule has 2 N–H and O–H groups in total. The summed E-state index contributed by atoms with van der Waals surface area (Å²) < 4.78 is 27.7. The number of hydrogen-bond acceptors (Lipinski definition) is 4. The molecule has 1 aliphatic carbocycles. The molecule has 2 unspecified atom stereocenters. The van der Waals surface area contributed by atoms with Gasteiger partial charge in [0.1, 0.15) is 0 Å². The van der Waals surface area contributed by atoms with Crippen LogP contribution in [0, 0.1) is 0 Å². The van der Waals surface area contributed by atoms with E-state index in [-0.39, 0.29) is 6.04 Å². The van der Waals surface area contributed by atoms with Crippen LogP contribution in [0.15, 0.2) is 11.4 Å². The van der Waals surface area contributed by atoms with E-state index in [9.17, 15) is 8.42 Å². The van der Waals surface area contributed by atoms with Crippen molar-refractivity contribution in [2.75, 3.05) is 13.1 Å². The molecular formula is C14H24N2O2S2. The van der Waals surface area contributed by atoms with Gasteiger partial charge < -0.3 is 5.32 Å². The summed E-state index contributed by atoms with van der Waals surface area (Å²) in [6.07, 6.45) is 4.06. The average molecular weight is 316 g/mol. The molecule has 6 heteroatoms. The smallest absolute Gasteiger partial charge is 0.216 e. The third kappa shape index (κ3) is 3.81. The van der Waals surface area contributed by atoms with E-state index in [1.807, 2.05) is 0 Å². The number of fused-ring (bicyclic) bond motifs is 1. The predicted octanol–water partition coefficient (Wildman–Crippen LogP) is 2.43. The summed E-state index contributed by atoms with van der Waals surface area (Å²) in [5, 5.41) is 4.83. The lowest BCUT2D eigenvalue weighted by atomic mass is 9.95. The van der Waals surface area contributed by atoms with Gasteiger partial charge in [-0.3, -0.25) is 0 Å². The lowest BCUT2D eigenvalue weighted by Gasteiger charge is -2.25. The summed E-state index contributed by atoms with van der Waals surface area (Å²) in [6, 6.07) is 2.02. The molecule has 1 heterocycles. The summed E-state index contributed by atoms with van der Waals surface area (Å²) in [5.74, 6) is 0. The Balaban J connectivity index is 1.99. The zero-order valence-corrected chi connectivity index (χ0v) is 13.8. The molecule has 1 aromatic heterocycles. The van der Waals surface area contributed by atoms with E-state index in [2.05, 4.69) is 28.4 Å².